The van der Waals surface area contributed by atoms with Crippen LogP contribution >= 0.6 is 11.5 Å². The lowest BCUT2D eigenvalue weighted by molar-refractivity contribution is 0.0148. The molecule has 2 aromatic heterocycles. The van der Waals surface area contributed by atoms with Crippen molar-refractivity contribution in [3.63, 3.8) is 0 Å². The smallest absolute Gasteiger partial charge is 0.253 e. The van der Waals surface area contributed by atoms with E-state index in [9.17, 15) is 4.79 Å². The van der Waals surface area contributed by atoms with Gasteiger partial charge < -0.3 is 15.4 Å². The summed E-state index contributed by atoms with van der Waals surface area (Å²) in [4.78, 5) is 13.0. The highest BCUT2D eigenvalue weighted by Crippen LogP contribution is 2.26. The normalized spacial score (nSPS) is 25.3. The number of benzene rings is 1. The van der Waals surface area contributed by atoms with Crippen molar-refractivity contribution in [2.75, 3.05) is 13.2 Å². The molecule has 4 heterocycles. The molecule has 0 radical (unpaired) electrons. The fraction of sp³-hybridized carbons (Fsp3) is 0.368. The number of nitrogens with zero attached hydrogens (tertiary/aromatic N) is 2. The van der Waals surface area contributed by atoms with E-state index in [4.69, 9.17) is 4.74 Å². The molecule has 2 N–H and O–H groups in total. The van der Waals surface area contributed by atoms with Crippen molar-refractivity contribution in [2.24, 2.45) is 0 Å². The minimum atomic E-state index is -0.0129. The van der Waals surface area contributed by atoms with Gasteiger partial charge in [-0.1, -0.05) is 18.2 Å². The molecule has 0 spiro atoms. The first-order valence-corrected chi connectivity index (χ1v) is 9.77. The van der Waals surface area contributed by atoms with Crippen LogP contribution in [0, 0.1) is 0 Å². The minimum absolute atomic E-state index is 0.0129. The number of aromatic nitrogens is 2. The van der Waals surface area contributed by atoms with Crippen LogP contribution in [0.1, 0.15) is 23.2 Å². The zero-order valence-corrected chi connectivity index (χ0v) is 15.0. The topological polar surface area (TPSA) is 68.2 Å². The number of ether oxygens (including phenoxy) is 1. The quantitative estimate of drug-likeness (QED) is 0.745. The molecule has 0 aliphatic carbocycles. The van der Waals surface area contributed by atoms with Crippen LogP contribution in [0.5, 0.6) is 0 Å². The molecule has 2 fully saturated rings. The molecule has 2 aliphatic heterocycles. The van der Waals surface area contributed by atoms with Crippen molar-refractivity contribution in [3.05, 3.63) is 47.5 Å². The van der Waals surface area contributed by atoms with E-state index in [-0.39, 0.29) is 11.9 Å². The Morgan fingerprint density at radius 3 is 2.81 bits per heavy atom. The van der Waals surface area contributed by atoms with Gasteiger partial charge in [-0.3, -0.25) is 9.36 Å². The fourth-order valence-corrected chi connectivity index (χ4v) is 4.60. The van der Waals surface area contributed by atoms with Crippen molar-refractivity contribution in [1.29, 1.82) is 0 Å². The zero-order chi connectivity index (χ0) is 17.5. The van der Waals surface area contributed by atoms with E-state index in [0.29, 0.717) is 17.6 Å². The van der Waals surface area contributed by atoms with Gasteiger partial charge in [0.25, 0.3) is 5.91 Å². The lowest BCUT2D eigenvalue weighted by Gasteiger charge is -2.40. The molecule has 0 saturated carbocycles. The van der Waals surface area contributed by atoms with Gasteiger partial charge in [0, 0.05) is 35.1 Å². The predicted molar refractivity (Wildman–Crippen MR) is 101 cm³/mol. The van der Waals surface area contributed by atoms with Crippen LogP contribution in [0.2, 0.25) is 0 Å². The highest BCUT2D eigenvalue weighted by Gasteiger charge is 2.33. The summed E-state index contributed by atoms with van der Waals surface area (Å²) in [6, 6.07) is 10.8. The molecule has 3 aromatic rings. The summed E-state index contributed by atoms with van der Waals surface area (Å²) in [7, 11) is 0. The third-order valence-corrected chi connectivity index (χ3v) is 5.76. The number of morpholine rings is 1. The molecule has 1 amide bonds. The predicted octanol–water partition coefficient (Wildman–Crippen LogP) is 2.34. The van der Waals surface area contributed by atoms with Gasteiger partial charge in [0.1, 0.15) is 0 Å². The van der Waals surface area contributed by atoms with Crippen LogP contribution in [0.4, 0.5) is 0 Å². The number of amides is 1. The molecule has 5 rings (SSSR count). The number of carbonyl (C=O) groups is 1. The van der Waals surface area contributed by atoms with E-state index in [0.717, 1.165) is 42.8 Å². The van der Waals surface area contributed by atoms with Gasteiger partial charge in [-0.25, -0.2) is 0 Å². The second kappa shape index (κ2) is 6.50. The van der Waals surface area contributed by atoms with E-state index < -0.39 is 0 Å². The first-order chi connectivity index (χ1) is 12.8. The van der Waals surface area contributed by atoms with Gasteiger partial charge in [0.2, 0.25) is 0 Å². The van der Waals surface area contributed by atoms with E-state index in [1.165, 1.54) is 11.5 Å². The fourth-order valence-electron chi connectivity index (χ4n) is 4.10. The average molecular weight is 368 g/mol. The Bertz CT molecular complexity index is 924. The van der Waals surface area contributed by atoms with Crippen molar-refractivity contribution in [2.45, 2.75) is 31.0 Å². The second-order valence-corrected chi connectivity index (χ2v) is 7.69. The number of rotatable bonds is 3. The molecule has 1 aromatic carbocycles. The molecular formula is C19H20N4O2S. The van der Waals surface area contributed by atoms with Gasteiger partial charge in [-0.2, -0.15) is 4.37 Å². The summed E-state index contributed by atoms with van der Waals surface area (Å²) in [5.41, 5.74) is 1.70. The molecule has 3 atom stereocenters. The van der Waals surface area contributed by atoms with E-state index in [2.05, 4.69) is 15.0 Å². The second-order valence-electron chi connectivity index (χ2n) is 7.03. The van der Waals surface area contributed by atoms with Crippen molar-refractivity contribution in [1.82, 2.24) is 19.6 Å². The number of hydrogen-bond acceptors (Lipinski definition) is 5. The van der Waals surface area contributed by atoms with E-state index in [1.807, 2.05) is 46.5 Å². The van der Waals surface area contributed by atoms with Crippen LogP contribution in [-0.2, 0) is 4.74 Å². The monoisotopic (exact) mass is 368 g/mol. The minimum Gasteiger partial charge on any atom is -0.378 e. The van der Waals surface area contributed by atoms with Gasteiger partial charge in [0.15, 0.2) is 5.82 Å². The number of piperidine rings is 1. The maximum atomic E-state index is 13.0. The number of para-hydroxylation sites is 1. The van der Waals surface area contributed by atoms with E-state index >= 15 is 0 Å². The average Bonchev–Trinajstić information content (AvgIpc) is 3.29. The standard InChI is InChI=1S/C19H20N4O2S/c24-19(21-12-7-13-10-25-11-14(8-12)20-13)16-9-23(18-5-6-26-22-18)17-4-2-1-3-15(16)17/h1-6,9,12-14,20H,7-8,10-11H2,(H,21,24)/t12?,13-,14+. The SMILES string of the molecule is O=C(NC1C[C@H]2COC[C@@H](C1)N2)c1cn(-c2ccsn2)c2ccccc12. The summed E-state index contributed by atoms with van der Waals surface area (Å²) in [5.74, 6) is 0.833. The maximum absolute atomic E-state index is 13.0. The number of nitrogens with one attached hydrogen (secondary N) is 2. The van der Waals surface area contributed by atoms with Crippen LogP contribution in [0.3, 0.4) is 0 Å². The van der Waals surface area contributed by atoms with Crippen molar-refractivity contribution >= 4 is 28.3 Å². The largest absolute Gasteiger partial charge is 0.378 e. The highest BCUT2D eigenvalue weighted by molar-refractivity contribution is 7.03. The van der Waals surface area contributed by atoms with Crippen LogP contribution in [0.25, 0.3) is 16.7 Å². The Balaban J connectivity index is 1.44. The van der Waals surface area contributed by atoms with Gasteiger partial charge in [0.05, 0.1) is 24.3 Å². The van der Waals surface area contributed by atoms with Crippen LogP contribution < -0.4 is 10.6 Å². The Kier molecular flexibility index (Phi) is 4.00. The highest BCUT2D eigenvalue weighted by atomic mass is 32.1. The van der Waals surface area contributed by atoms with Gasteiger partial charge in [-0.15, -0.1) is 0 Å². The molecule has 26 heavy (non-hydrogen) atoms. The van der Waals surface area contributed by atoms with Crippen molar-refractivity contribution in [3.8, 4) is 5.82 Å². The lowest BCUT2D eigenvalue weighted by Crippen LogP contribution is -2.58. The molecule has 6 nitrogen and oxygen atoms in total. The summed E-state index contributed by atoms with van der Waals surface area (Å²) < 4.78 is 12.0. The number of fused-ring (bicyclic) bond motifs is 3. The first-order valence-electron chi connectivity index (χ1n) is 8.93. The van der Waals surface area contributed by atoms with Crippen molar-refractivity contribution < 1.29 is 9.53 Å². The Morgan fingerprint density at radius 1 is 1.23 bits per heavy atom. The van der Waals surface area contributed by atoms with Gasteiger partial charge >= 0.3 is 0 Å². The molecule has 134 valence electrons. The Labute approximate surface area is 155 Å². The summed E-state index contributed by atoms with van der Waals surface area (Å²) in [6.45, 7) is 1.46. The molecule has 2 saturated heterocycles. The van der Waals surface area contributed by atoms with E-state index in [1.54, 1.807) is 0 Å². The Hall–Kier alpha value is -2.22. The third-order valence-electron chi connectivity index (χ3n) is 5.21. The molecule has 2 bridgehead atoms. The lowest BCUT2D eigenvalue weighted by atomic mass is 9.92. The van der Waals surface area contributed by atoms with Gasteiger partial charge in [-0.05, 0) is 36.5 Å². The summed E-state index contributed by atoms with van der Waals surface area (Å²) >= 11 is 1.41. The molecular weight excluding hydrogens is 348 g/mol. The number of hydrogen-bond donors (Lipinski definition) is 2. The third kappa shape index (κ3) is 2.82. The Morgan fingerprint density at radius 2 is 2.04 bits per heavy atom. The molecule has 1 unspecified atom stereocenters. The first kappa shape index (κ1) is 16.0. The molecule has 7 heteroatoms. The summed E-state index contributed by atoms with van der Waals surface area (Å²) in [6.07, 6.45) is 3.72. The summed E-state index contributed by atoms with van der Waals surface area (Å²) in [5, 5.41) is 9.71. The maximum Gasteiger partial charge on any atom is 0.253 e. The van der Waals surface area contributed by atoms with Crippen LogP contribution in [-0.4, -0.2) is 46.2 Å². The zero-order valence-electron chi connectivity index (χ0n) is 14.2. The van der Waals surface area contributed by atoms with Crippen LogP contribution in [0.15, 0.2) is 41.9 Å². The number of carbonyl (C=O) groups excluding carboxylic acids is 1. The molecule has 2 aliphatic rings.